The largest absolute Gasteiger partial charge is 0.479 e. The Hall–Kier alpha value is -3.54. The Kier molecular flexibility index (Phi) is 3.79. The minimum absolute atomic E-state index is 0.0754. The summed E-state index contributed by atoms with van der Waals surface area (Å²) in [7, 11) is 1.46. The molecule has 2 heterocycles. The van der Waals surface area contributed by atoms with Crippen molar-refractivity contribution < 1.29 is 9.53 Å². The van der Waals surface area contributed by atoms with Crippen LogP contribution in [0.5, 0.6) is 5.75 Å². The number of aromatic amines is 1. The van der Waals surface area contributed by atoms with Gasteiger partial charge >= 0.3 is 11.7 Å². The number of aromatic nitrogens is 2. The van der Waals surface area contributed by atoms with Gasteiger partial charge in [-0.05, 0) is 17.7 Å². The predicted molar refractivity (Wildman–Crippen MR) is 83.9 cm³/mol. The molecule has 0 radical (unpaired) electrons. The third-order valence-corrected chi connectivity index (χ3v) is 3.67. The molecule has 9 nitrogen and oxygen atoms in total. The summed E-state index contributed by atoms with van der Waals surface area (Å²) in [6, 6.07) is 7.26. The van der Waals surface area contributed by atoms with Gasteiger partial charge in [-0.3, -0.25) is 19.7 Å². The molecule has 0 saturated heterocycles. The van der Waals surface area contributed by atoms with E-state index in [0.717, 1.165) is 0 Å². The molecule has 1 unspecified atom stereocenters. The normalized spacial score (nSPS) is 15.7. The van der Waals surface area contributed by atoms with E-state index in [-0.39, 0.29) is 18.0 Å². The van der Waals surface area contributed by atoms with Crippen LogP contribution in [0, 0.1) is 11.3 Å². The fourth-order valence-electron chi connectivity index (χ4n) is 2.53. The fraction of sp³-hybridized carbons (Fsp3) is 0.200. The molecule has 2 amide bonds. The maximum Gasteiger partial charge on any atom is 0.329 e. The van der Waals surface area contributed by atoms with Crippen LogP contribution in [-0.2, 0) is 7.05 Å². The summed E-state index contributed by atoms with van der Waals surface area (Å²) in [5.74, 6) is 0.650. The highest BCUT2D eigenvalue weighted by atomic mass is 16.5. The number of rotatable bonds is 3. The van der Waals surface area contributed by atoms with E-state index in [1.54, 1.807) is 24.3 Å². The smallest absolute Gasteiger partial charge is 0.329 e. The second-order valence-electron chi connectivity index (χ2n) is 5.13. The van der Waals surface area contributed by atoms with E-state index in [0.29, 0.717) is 11.3 Å². The zero-order chi connectivity index (χ0) is 17.3. The van der Waals surface area contributed by atoms with E-state index in [9.17, 15) is 14.4 Å². The minimum Gasteiger partial charge on any atom is -0.479 e. The third-order valence-electron chi connectivity index (χ3n) is 3.67. The lowest BCUT2D eigenvalue weighted by Gasteiger charge is -2.27. The topological polar surface area (TPSA) is 129 Å². The lowest BCUT2D eigenvalue weighted by molar-refractivity contribution is 0.248. The van der Waals surface area contributed by atoms with Crippen molar-refractivity contribution in [1.29, 1.82) is 5.26 Å². The van der Waals surface area contributed by atoms with Gasteiger partial charge in [0.2, 0.25) is 0 Å². The number of nitrogens with zero attached hydrogens (tertiary/aromatic N) is 2. The molecular weight excluding hydrogens is 314 g/mol. The molecule has 1 aliphatic heterocycles. The average Bonchev–Trinajstić information content (AvgIpc) is 2.57. The number of nitriles is 1. The zero-order valence-corrected chi connectivity index (χ0v) is 12.6. The molecule has 3 rings (SSSR count). The number of hydrogen-bond acceptors (Lipinski definition) is 5. The van der Waals surface area contributed by atoms with Crippen LogP contribution >= 0.6 is 0 Å². The van der Waals surface area contributed by atoms with Crippen molar-refractivity contribution in [3.63, 3.8) is 0 Å². The van der Waals surface area contributed by atoms with Gasteiger partial charge in [0.05, 0.1) is 11.6 Å². The highest BCUT2D eigenvalue weighted by Crippen LogP contribution is 2.28. The Labute approximate surface area is 135 Å². The molecule has 0 saturated carbocycles. The summed E-state index contributed by atoms with van der Waals surface area (Å²) >= 11 is 0. The summed E-state index contributed by atoms with van der Waals surface area (Å²) in [6.45, 7) is -0.0754. The van der Waals surface area contributed by atoms with Gasteiger partial charge in [0.25, 0.3) is 5.56 Å². The Morgan fingerprint density at radius 3 is 2.62 bits per heavy atom. The summed E-state index contributed by atoms with van der Waals surface area (Å²) in [6.07, 6.45) is 0. The van der Waals surface area contributed by atoms with E-state index in [1.165, 1.54) is 11.6 Å². The number of benzene rings is 1. The van der Waals surface area contributed by atoms with Crippen molar-refractivity contribution in [3.8, 4) is 11.8 Å². The standard InChI is InChI=1S/C15H13N5O4/c1-20-12-10(13(21)19-15(20)23)11(17-14(22)18-12)8-2-4-9(5-3-8)24-7-6-16/h2-5,11H,7H2,1H3,(H2,17,18,22)(H,19,21,23). The van der Waals surface area contributed by atoms with Gasteiger partial charge in [0, 0.05) is 7.05 Å². The number of carbonyl (C=O) groups is 1. The van der Waals surface area contributed by atoms with Gasteiger partial charge < -0.3 is 10.1 Å². The second kappa shape index (κ2) is 5.92. The van der Waals surface area contributed by atoms with Crippen molar-refractivity contribution in [2.24, 2.45) is 7.05 Å². The van der Waals surface area contributed by atoms with E-state index >= 15 is 0 Å². The fourth-order valence-corrected chi connectivity index (χ4v) is 2.53. The molecule has 1 aromatic carbocycles. The van der Waals surface area contributed by atoms with E-state index in [2.05, 4.69) is 15.6 Å². The molecule has 24 heavy (non-hydrogen) atoms. The van der Waals surface area contributed by atoms with Gasteiger partial charge in [0.1, 0.15) is 17.6 Å². The number of amides is 2. The van der Waals surface area contributed by atoms with Crippen LogP contribution in [-0.4, -0.2) is 22.2 Å². The molecule has 0 spiro atoms. The Morgan fingerprint density at radius 2 is 1.96 bits per heavy atom. The van der Waals surface area contributed by atoms with Gasteiger partial charge in [-0.1, -0.05) is 12.1 Å². The average molecular weight is 327 g/mol. The van der Waals surface area contributed by atoms with Gasteiger partial charge in [-0.15, -0.1) is 0 Å². The highest BCUT2D eigenvalue weighted by Gasteiger charge is 2.30. The van der Waals surface area contributed by atoms with Crippen molar-refractivity contribution in [3.05, 3.63) is 56.2 Å². The summed E-state index contributed by atoms with van der Waals surface area (Å²) < 4.78 is 6.35. The molecule has 1 aromatic heterocycles. The first kappa shape index (κ1) is 15.4. The van der Waals surface area contributed by atoms with Crippen LogP contribution in [0.15, 0.2) is 33.9 Å². The van der Waals surface area contributed by atoms with Gasteiger partial charge in [0.15, 0.2) is 6.61 Å². The molecule has 1 aliphatic rings. The van der Waals surface area contributed by atoms with Crippen molar-refractivity contribution >= 4 is 11.8 Å². The first-order valence-corrected chi connectivity index (χ1v) is 7.01. The molecular formula is C15H13N5O4. The maximum atomic E-state index is 12.2. The van der Waals surface area contributed by atoms with Crippen LogP contribution in [0.1, 0.15) is 17.2 Å². The maximum absolute atomic E-state index is 12.2. The Balaban J connectivity index is 2.06. The monoisotopic (exact) mass is 327 g/mol. The summed E-state index contributed by atoms with van der Waals surface area (Å²) in [5, 5.41) is 13.6. The number of fused-ring (bicyclic) bond motifs is 1. The second-order valence-corrected chi connectivity index (χ2v) is 5.13. The summed E-state index contributed by atoms with van der Waals surface area (Å²) in [5.41, 5.74) is -0.308. The molecule has 3 N–H and O–H groups in total. The molecule has 122 valence electrons. The number of hydrogen-bond donors (Lipinski definition) is 3. The van der Waals surface area contributed by atoms with Crippen LogP contribution in [0.4, 0.5) is 10.6 Å². The van der Waals surface area contributed by atoms with Gasteiger partial charge in [-0.2, -0.15) is 5.26 Å². The zero-order valence-electron chi connectivity index (χ0n) is 12.6. The van der Waals surface area contributed by atoms with E-state index in [1.807, 2.05) is 6.07 Å². The first-order chi connectivity index (χ1) is 11.5. The highest BCUT2D eigenvalue weighted by molar-refractivity contribution is 5.92. The predicted octanol–water partition coefficient (Wildman–Crippen LogP) is 0.200. The van der Waals surface area contributed by atoms with Crippen LogP contribution in [0.2, 0.25) is 0 Å². The van der Waals surface area contributed by atoms with E-state index < -0.39 is 23.3 Å². The molecule has 0 aliphatic carbocycles. The number of carbonyl (C=O) groups excluding carboxylic acids is 1. The SMILES string of the molecule is Cn1c2c(c(=O)[nH]c1=O)C(c1ccc(OCC#N)cc1)NC(=O)N2. The molecule has 1 atom stereocenters. The number of H-pyrrole nitrogens is 1. The van der Waals surface area contributed by atoms with Crippen LogP contribution < -0.4 is 26.6 Å². The van der Waals surface area contributed by atoms with E-state index in [4.69, 9.17) is 10.00 Å². The van der Waals surface area contributed by atoms with Gasteiger partial charge in [-0.25, -0.2) is 9.59 Å². The minimum atomic E-state index is -0.714. The summed E-state index contributed by atoms with van der Waals surface area (Å²) in [4.78, 5) is 38.0. The first-order valence-electron chi connectivity index (χ1n) is 7.01. The molecule has 9 heteroatoms. The molecule has 2 aromatic rings. The Bertz CT molecular complexity index is 952. The number of nitrogens with one attached hydrogen (secondary N) is 3. The molecule has 0 bridgehead atoms. The number of ether oxygens (including phenoxy) is 1. The Morgan fingerprint density at radius 1 is 1.25 bits per heavy atom. The number of urea groups is 1. The molecule has 0 fully saturated rings. The number of anilines is 1. The van der Waals surface area contributed by atoms with Crippen LogP contribution in [0.25, 0.3) is 0 Å². The quantitative estimate of drug-likeness (QED) is 0.741. The lowest BCUT2D eigenvalue weighted by Crippen LogP contribution is -2.46. The lowest BCUT2D eigenvalue weighted by atomic mass is 9.98. The van der Waals surface area contributed by atoms with Crippen LogP contribution in [0.3, 0.4) is 0 Å². The van der Waals surface area contributed by atoms with Crippen molar-refractivity contribution in [2.45, 2.75) is 6.04 Å². The van der Waals surface area contributed by atoms with Crippen molar-refractivity contribution in [1.82, 2.24) is 14.9 Å². The third kappa shape index (κ3) is 2.61. The van der Waals surface area contributed by atoms with Crippen molar-refractivity contribution in [2.75, 3.05) is 11.9 Å².